The normalized spacial score (nSPS) is 16.0. The fraction of sp³-hybridized carbons (Fsp3) is 0.778. The van der Waals surface area contributed by atoms with Crippen molar-refractivity contribution in [2.75, 3.05) is 0 Å². The molecule has 82 valence electrons. The summed E-state index contributed by atoms with van der Waals surface area (Å²) in [6.07, 6.45) is -0.736. The summed E-state index contributed by atoms with van der Waals surface area (Å²) in [6, 6.07) is 0. The summed E-state index contributed by atoms with van der Waals surface area (Å²) in [5.74, 6) is -2.20. The van der Waals surface area contributed by atoms with E-state index in [1.807, 2.05) is 0 Å². The topological polar surface area (TPSA) is 94.8 Å². The van der Waals surface area contributed by atoms with Gasteiger partial charge in [-0.05, 0) is 6.92 Å². The first kappa shape index (κ1) is 12.9. The summed E-state index contributed by atoms with van der Waals surface area (Å²) in [5, 5.41) is 26.9. The Hall–Kier alpha value is -1.10. The van der Waals surface area contributed by atoms with Crippen LogP contribution in [0.3, 0.4) is 0 Å². The number of carbonyl (C=O) groups is 2. The first-order chi connectivity index (χ1) is 6.08. The number of aliphatic hydroxyl groups is 1. The molecule has 0 amide bonds. The molecule has 0 bridgehead atoms. The molecule has 1 unspecified atom stereocenters. The average molecular weight is 204 g/mol. The van der Waals surface area contributed by atoms with Gasteiger partial charge in [-0.1, -0.05) is 13.8 Å². The molecular formula is C9H16O5. The van der Waals surface area contributed by atoms with Crippen LogP contribution in [0.25, 0.3) is 0 Å². The predicted molar refractivity (Wildman–Crippen MR) is 48.9 cm³/mol. The van der Waals surface area contributed by atoms with Crippen LogP contribution in [0, 0.1) is 5.41 Å². The minimum Gasteiger partial charge on any atom is -0.481 e. The predicted octanol–water partition coefficient (Wildman–Crippen LogP) is 0.713. The van der Waals surface area contributed by atoms with Crippen molar-refractivity contribution < 1.29 is 24.9 Å². The molecule has 5 heteroatoms. The van der Waals surface area contributed by atoms with Crippen LogP contribution >= 0.6 is 0 Å². The molecule has 3 N–H and O–H groups in total. The van der Waals surface area contributed by atoms with E-state index >= 15 is 0 Å². The standard InChI is InChI=1S/C9H16O5/c1-8(2,4-6(10)11)9(3,14)5-7(12)13/h14H,4-5H2,1-3H3,(H,10,11)(H,12,13). The molecule has 0 aliphatic heterocycles. The van der Waals surface area contributed by atoms with Crippen LogP contribution in [0.4, 0.5) is 0 Å². The molecule has 14 heavy (non-hydrogen) atoms. The summed E-state index contributed by atoms with van der Waals surface area (Å²) in [7, 11) is 0. The monoisotopic (exact) mass is 204 g/mol. The molecule has 0 aliphatic carbocycles. The third kappa shape index (κ3) is 3.33. The molecule has 5 nitrogen and oxygen atoms in total. The van der Waals surface area contributed by atoms with E-state index in [0.29, 0.717) is 0 Å². The van der Waals surface area contributed by atoms with Crippen LogP contribution in [0.15, 0.2) is 0 Å². The molecule has 0 fully saturated rings. The SMILES string of the molecule is CC(C)(CC(=O)O)C(C)(O)CC(=O)O. The van der Waals surface area contributed by atoms with Crippen LogP contribution in [-0.2, 0) is 9.59 Å². The molecule has 1 atom stereocenters. The van der Waals surface area contributed by atoms with Crippen molar-refractivity contribution in [2.24, 2.45) is 5.41 Å². The van der Waals surface area contributed by atoms with Gasteiger partial charge in [-0.2, -0.15) is 0 Å². The Bertz CT molecular complexity index is 216. The third-order valence-electron chi connectivity index (χ3n) is 2.55. The van der Waals surface area contributed by atoms with Crippen molar-refractivity contribution in [3.63, 3.8) is 0 Å². The number of carboxylic acid groups (broad SMARTS) is 2. The van der Waals surface area contributed by atoms with E-state index in [9.17, 15) is 14.7 Å². The average Bonchev–Trinajstić information content (AvgIpc) is 1.78. The van der Waals surface area contributed by atoms with Crippen molar-refractivity contribution in [1.82, 2.24) is 0 Å². The lowest BCUT2D eigenvalue weighted by Gasteiger charge is -2.37. The molecule has 0 saturated heterocycles. The summed E-state index contributed by atoms with van der Waals surface area (Å²) in [6.45, 7) is 4.40. The molecule has 0 aromatic heterocycles. The maximum atomic E-state index is 10.5. The minimum atomic E-state index is -1.53. The summed E-state index contributed by atoms with van der Waals surface area (Å²) < 4.78 is 0. The van der Waals surface area contributed by atoms with E-state index in [-0.39, 0.29) is 6.42 Å². The lowest BCUT2D eigenvalue weighted by molar-refractivity contribution is -0.155. The van der Waals surface area contributed by atoms with Gasteiger partial charge in [0.25, 0.3) is 0 Å². The largest absolute Gasteiger partial charge is 0.481 e. The van der Waals surface area contributed by atoms with Gasteiger partial charge in [0.1, 0.15) is 0 Å². The van der Waals surface area contributed by atoms with Gasteiger partial charge in [0.2, 0.25) is 0 Å². The van der Waals surface area contributed by atoms with E-state index in [0.717, 1.165) is 0 Å². The number of carboxylic acids is 2. The fourth-order valence-corrected chi connectivity index (χ4v) is 1.10. The second-order valence-electron chi connectivity index (χ2n) is 4.30. The van der Waals surface area contributed by atoms with Crippen LogP contribution in [0.5, 0.6) is 0 Å². The Labute approximate surface area is 82.4 Å². The lowest BCUT2D eigenvalue weighted by Crippen LogP contribution is -2.44. The first-order valence-electron chi connectivity index (χ1n) is 4.24. The maximum Gasteiger partial charge on any atom is 0.306 e. The second-order valence-corrected chi connectivity index (χ2v) is 4.30. The molecule has 0 aromatic rings. The number of hydrogen-bond donors (Lipinski definition) is 3. The van der Waals surface area contributed by atoms with Crippen LogP contribution in [0.1, 0.15) is 33.6 Å². The fourth-order valence-electron chi connectivity index (χ4n) is 1.10. The zero-order chi connectivity index (χ0) is 11.6. The number of rotatable bonds is 5. The van der Waals surface area contributed by atoms with E-state index < -0.39 is 29.4 Å². The highest BCUT2D eigenvalue weighted by molar-refractivity contribution is 5.70. The second kappa shape index (κ2) is 3.96. The highest BCUT2D eigenvalue weighted by atomic mass is 16.4. The molecule has 0 heterocycles. The van der Waals surface area contributed by atoms with Crippen LogP contribution in [-0.4, -0.2) is 32.9 Å². The summed E-state index contributed by atoms with van der Waals surface area (Å²) in [4.78, 5) is 20.9. The Morgan fingerprint density at radius 1 is 1.00 bits per heavy atom. The third-order valence-corrected chi connectivity index (χ3v) is 2.55. The molecule has 0 aromatic carbocycles. The quantitative estimate of drug-likeness (QED) is 0.613. The molecule has 0 radical (unpaired) electrons. The van der Waals surface area contributed by atoms with Gasteiger partial charge in [0, 0.05) is 5.41 Å². The first-order valence-corrected chi connectivity index (χ1v) is 4.24. The lowest BCUT2D eigenvalue weighted by atomic mass is 9.72. The van der Waals surface area contributed by atoms with Gasteiger partial charge >= 0.3 is 11.9 Å². The van der Waals surface area contributed by atoms with Crippen molar-refractivity contribution in [3.8, 4) is 0 Å². The molecule has 0 spiro atoms. The zero-order valence-corrected chi connectivity index (χ0v) is 8.57. The zero-order valence-electron chi connectivity index (χ0n) is 8.57. The van der Waals surface area contributed by atoms with Crippen LogP contribution in [0.2, 0.25) is 0 Å². The Kier molecular flexibility index (Phi) is 3.65. The Morgan fingerprint density at radius 2 is 1.36 bits per heavy atom. The van der Waals surface area contributed by atoms with Gasteiger partial charge < -0.3 is 15.3 Å². The van der Waals surface area contributed by atoms with Crippen molar-refractivity contribution in [1.29, 1.82) is 0 Å². The van der Waals surface area contributed by atoms with Crippen LogP contribution < -0.4 is 0 Å². The smallest absolute Gasteiger partial charge is 0.306 e. The molecule has 0 aliphatic rings. The van der Waals surface area contributed by atoms with Crippen molar-refractivity contribution in [2.45, 2.75) is 39.2 Å². The van der Waals surface area contributed by atoms with E-state index in [2.05, 4.69) is 0 Å². The van der Waals surface area contributed by atoms with Gasteiger partial charge in [-0.3, -0.25) is 9.59 Å². The highest BCUT2D eigenvalue weighted by Gasteiger charge is 2.42. The highest BCUT2D eigenvalue weighted by Crippen LogP contribution is 2.36. The summed E-state index contributed by atoms with van der Waals surface area (Å²) >= 11 is 0. The van der Waals surface area contributed by atoms with Gasteiger partial charge in [-0.15, -0.1) is 0 Å². The van der Waals surface area contributed by atoms with Gasteiger partial charge in [-0.25, -0.2) is 0 Å². The summed E-state index contributed by atoms with van der Waals surface area (Å²) in [5.41, 5.74) is -2.51. The Balaban J connectivity index is 4.67. The minimum absolute atomic E-state index is 0.271. The Morgan fingerprint density at radius 3 is 1.64 bits per heavy atom. The molecular weight excluding hydrogens is 188 g/mol. The van der Waals surface area contributed by atoms with E-state index in [1.54, 1.807) is 0 Å². The van der Waals surface area contributed by atoms with Crippen molar-refractivity contribution >= 4 is 11.9 Å². The van der Waals surface area contributed by atoms with Crippen molar-refractivity contribution in [3.05, 3.63) is 0 Å². The molecule has 0 saturated carbocycles. The number of hydrogen-bond acceptors (Lipinski definition) is 3. The van der Waals surface area contributed by atoms with Gasteiger partial charge in [0.15, 0.2) is 0 Å². The maximum absolute atomic E-state index is 10.5. The van der Waals surface area contributed by atoms with E-state index in [1.165, 1.54) is 20.8 Å². The van der Waals surface area contributed by atoms with Gasteiger partial charge in [0.05, 0.1) is 18.4 Å². The number of aliphatic carboxylic acids is 2. The van der Waals surface area contributed by atoms with E-state index in [4.69, 9.17) is 10.2 Å². The molecule has 0 rings (SSSR count).